The van der Waals surface area contributed by atoms with E-state index < -0.39 is 0 Å². The van der Waals surface area contributed by atoms with Crippen LogP contribution in [0.5, 0.6) is 0 Å². The average molecular weight is 327 g/mol. The fourth-order valence-electron chi connectivity index (χ4n) is 2.25. The zero-order chi connectivity index (χ0) is 16.2. The van der Waals surface area contributed by atoms with Crippen molar-refractivity contribution in [3.63, 3.8) is 0 Å². The minimum absolute atomic E-state index is 0.123. The second-order valence-corrected chi connectivity index (χ2v) is 6.26. The van der Waals surface area contributed by atoms with Crippen molar-refractivity contribution in [3.8, 4) is 5.69 Å². The molecule has 6 nitrogen and oxygen atoms in total. The SMILES string of the molecule is CC(C)c1nnsc1CNC(=O)c1cccc(-n2cccn2)c1. The van der Waals surface area contributed by atoms with Gasteiger partial charge in [-0.25, -0.2) is 4.68 Å². The summed E-state index contributed by atoms with van der Waals surface area (Å²) in [7, 11) is 0. The van der Waals surface area contributed by atoms with E-state index in [0.29, 0.717) is 18.0 Å². The van der Waals surface area contributed by atoms with Gasteiger partial charge in [0.15, 0.2) is 0 Å². The third-order valence-corrected chi connectivity index (χ3v) is 4.16. The third kappa shape index (κ3) is 3.45. The number of hydrogen-bond acceptors (Lipinski definition) is 5. The Bertz CT molecular complexity index is 794. The first-order valence-electron chi connectivity index (χ1n) is 7.34. The van der Waals surface area contributed by atoms with Crippen LogP contribution in [-0.2, 0) is 6.54 Å². The lowest BCUT2D eigenvalue weighted by Crippen LogP contribution is -2.23. The molecule has 0 aliphatic heterocycles. The summed E-state index contributed by atoms with van der Waals surface area (Å²) in [6.45, 7) is 4.57. The molecule has 3 aromatic rings. The van der Waals surface area contributed by atoms with Crippen molar-refractivity contribution in [1.29, 1.82) is 0 Å². The summed E-state index contributed by atoms with van der Waals surface area (Å²) < 4.78 is 5.69. The standard InChI is InChI=1S/C16H17N5OS/c1-11(2)15-14(23-20-19-15)10-17-16(22)12-5-3-6-13(9-12)21-8-4-7-18-21/h3-9,11H,10H2,1-2H3,(H,17,22). The Morgan fingerprint density at radius 1 is 1.35 bits per heavy atom. The minimum atomic E-state index is -0.123. The average Bonchev–Trinajstić information content (AvgIpc) is 3.24. The summed E-state index contributed by atoms with van der Waals surface area (Å²) in [6, 6.07) is 9.21. The molecular weight excluding hydrogens is 310 g/mol. The Kier molecular flexibility index (Phi) is 4.47. The van der Waals surface area contributed by atoms with Gasteiger partial charge in [0, 0.05) is 18.0 Å². The van der Waals surface area contributed by atoms with Gasteiger partial charge >= 0.3 is 0 Å². The molecule has 0 saturated heterocycles. The van der Waals surface area contributed by atoms with Crippen LogP contribution < -0.4 is 5.32 Å². The van der Waals surface area contributed by atoms with Crippen LogP contribution in [0.25, 0.3) is 5.69 Å². The maximum Gasteiger partial charge on any atom is 0.251 e. The first-order chi connectivity index (χ1) is 11.1. The maximum atomic E-state index is 12.4. The number of carbonyl (C=O) groups excluding carboxylic acids is 1. The largest absolute Gasteiger partial charge is 0.347 e. The second-order valence-electron chi connectivity index (χ2n) is 5.42. The maximum absolute atomic E-state index is 12.4. The number of hydrogen-bond donors (Lipinski definition) is 1. The molecule has 3 rings (SSSR count). The van der Waals surface area contributed by atoms with Crippen molar-refractivity contribution >= 4 is 17.4 Å². The summed E-state index contributed by atoms with van der Waals surface area (Å²) in [5.41, 5.74) is 2.40. The molecule has 0 spiro atoms. The molecule has 0 unspecified atom stereocenters. The normalized spacial score (nSPS) is 10.9. The lowest BCUT2D eigenvalue weighted by molar-refractivity contribution is 0.0951. The molecule has 0 atom stereocenters. The molecular formula is C16H17N5OS. The van der Waals surface area contributed by atoms with Crippen LogP contribution in [0.1, 0.15) is 40.7 Å². The smallest absolute Gasteiger partial charge is 0.251 e. The number of amides is 1. The van der Waals surface area contributed by atoms with Gasteiger partial charge in [0.2, 0.25) is 0 Å². The molecule has 1 aromatic carbocycles. The number of nitrogens with one attached hydrogen (secondary N) is 1. The minimum Gasteiger partial charge on any atom is -0.347 e. The molecule has 0 aliphatic carbocycles. The number of nitrogens with zero attached hydrogens (tertiary/aromatic N) is 4. The topological polar surface area (TPSA) is 72.7 Å². The Morgan fingerprint density at radius 2 is 2.22 bits per heavy atom. The van der Waals surface area contributed by atoms with E-state index in [-0.39, 0.29) is 5.91 Å². The van der Waals surface area contributed by atoms with Crippen LogP contribution in [0.15, 0.2) is 42.7 Å². The van der Waals surface area contributed by atoms with Crippen molar-refractivity contribution in [3.05, 3.63) is 58.9 Å². The first kappa shape index (κ1) is 15.4. The Hall–Kier alpha value is -2.54. The van der Waals surface area contributed by atoms with Gasteiger partial charge in [0.1, 0.15) is 0 Å². The molecule has 0 radical (unpaired) electrons. The Balaban J connectivity index is 1.71. The van der Waals surface area contributed by atoms with Crippen LogP contribution in [0.2, 0.25) is 0 Å². The van der Waals surface area contributed by atoms with Crippen LogP contribution in [0, 0.1) is 0 Å². The fourth-order valence-corrected chi connectivity index (χ4v) is 2.98. The Morgan fingerprint density at radius 3 is 2.96 bits per heavy atom. The lowest BCUT2D eigenvalue weighted by Gasteiger charge is -2.08. The van der Waals surface area contributed by atoms with Gasteiger partial charge < -0.3 is 5.32 Å². The van der Waals surface area contributed by atoms with Crippen LogP contribution in [0.4, 0.5) is 0 Å². The van der Waals surface area contributed by atoms with E-state index in [1.807, 2.05) is 30.5 Å². The highest BCUT2D eigenvalue weighted by molar-refractivity contribution is 7.05. The highest BCUT2D eigenvalue weighted by atomic mass is 32.1. The summed E-state index contributed by atoms with van der Waals surface area (Å²) >= 11 is 1.33. The van der Waals surface area contributed by atoms with Crippen LogP contribution in [0.3, 0.4) is 0 Å². The van der Waals surface area contributed by atoms with E-state index in [0.717, 1.165) is 16.3 Å². The van der Waals surface area contributed by atoms with E-state index in [2.05, 4.69) is 33.8 Å². The zero-order valence-electron chi connectivity index (χ0n) is 12.9. The van der Waals surface area contributed by atoms with Gasteiger partial charge in [0.05, 0.1) is 22.8 Å². The highest BCUT2D eigenvalue weighted by Gasteiger charge is 2.13. The number of benzene rings is 1. The predicted octanol–water partition coefficient (Wildman–Crippen LogP) is 2.78. The quantitative estimate of drug-likeness (QED) is 0.782. The van der Waals surface area contributed by atoms with E-state index >= 15 is 0 Å². The second kappa shape index (κ2) is 6.70. The van der Waals surface area contributed by atoms with Crippen molar-refractivity contribution in [1.82, 2.24) is 24.7 Å². The highest BCUT2D eigenvalue weighted by Crippen LogP contribution is 2.19. The molecule has 1 N–H and O–H groups in total. The molecule has 0 aliphatic rings. The van der Waals surface area contributed by atoms with Crippen LogP contribution in [-0.4, -0.2) is 25.3 Å². The van der Waals surface area contributed by atoms with Crippen molar-refractivity contribution < 1.29 is 4.79 Å². The number of carbonyl (C=O) groups is 1. The molecule has 2 heterocycles. The van der Waals surface area contributed by atoms with Crippen molar-refractivity contribution in [2.75, 3.05) is 0 Å². The number of rotatable bonds is 5. The van der Waals surface area contributed by atoms with Crippen molar-refractivity contribution in [2.24, 2.45) is 0 Å². The van der Waals surface area contributed by atoms with E-state index in [9.17, 15) is 4.79 Å². The predicted molar refractivity (Wildman–Crippen MR) is 88.7 cm³/mol. The van der Waals surface area contributed by atoms with E-state index in [4.69, 9.17) is 0 Å². The lowest BCUT2D eigenvalue weighted by atomic mass is 10.1. The molecule has 0 saturated carbocycles. The van der Waals surface area contributed by atoms with Gasteiger partial charge in [-0.2, -0.15) is 5.10 Å². The third-order valence-electron chi connectivity index (χ3n) is 3.42. The first-order valence-corrected chi connectivity index (χ1v) is 8.12. The molecule has 0 fully saturated rings. The monoisotopic (exact) mass is 327 g/mol. The molecule has 7 heteroatoms. The molecule has 2 aromatic heterocycles. The fraction of sp³-hybridized carbons (Fsp3) is 0.250. The summed E-state index contributed by atoms with van der Waals surface area (Å²) in [5, 5.41) is 11.2. The molecule has 1 amide bonds. The summed E-state index contributed by atoms with van der Waals surface area (Å²) in [4.78, 5) is 13.4. The number of aromatic nitrogens is 4. The van der Waals surface area contributed by atoms with Crippen LogP contribution >= 0.6 is 11.5 Å². The summed E-state index contributed by atoms with van der Waals surface area (Å²) in [6.07, 6.45) is 3.55. The zero-order valence-corrected chi connectivity index (χ0v) is 13.7. The van der Waals surface area contributed by atoms with Gasteiger partial charge in [0.25, 0.3) is 5.91 Å². The molecule has 118 valence electrons. The van der Waals surface area contributed by atoms with Gasteiger partial charge in [-0.05, 0) is 41.7 Å². The van der Waals surface area contributed by atoms with Crippen molar-refractivity contribution in [2.45, 2.75) is 26.3 Å². The van der Waals surface area contributed by atoms with E-state index in [1.165, 1.54) is 11.5 Å². The van der Waals surface area contributed by atoms with Gasteiger partial charge in [-0.3, -0.25) is 4.79 Å². The van der Waals surface area contributed by atoms with Gasteiger partial charge in [-0.1, -0.05) is 24.4 Å². The van der Waals surface area contributed by atoms with E-state index in [1.54, 1.807) is 16.9 Å². The summed E-state index contributed by atoms with van der Waals surface area (Å²) in [5.74, 6) is 0.172. The molecule has 0 bridgehead atoms. The molecule has 23 heavy (non-hydrogen) atoms. The Labute approximate surface area is 138 Å². The van der Waals surface area contributed by atoms with Gasteiger partial charge in [-0.15, -0.1) is 5.10 Å².